The Kier molecular flexibility index (Phi) is 9.50. The molecule has 0 bridgehead atoms. The second-order valence-electron chi connectivity index (χ2n) is 10.6. The van der Waals surface area contributed by atoms with E-state index in [9.17, 15) is 19.2 Å². The van der Waals surface area contributed by atoms with Gasteiger partial charge in [-0.15, -0.1) is 5.10 Å². The van der Waals surface area contributed by atoms with Crippen molar-refractivity contribution in [2.75, 3.05) is 39.4 Å². The SMILES string of the molecule is CCOC(=O)N1CCN(C(=O)C(CCn2cnnn2)NC(=O)c2cc(OC3(C(=O)OCC)CCC3)c3ccccc3n2)CC1. The molecule has 1 saturated carbocycles. The van der Waals surface area contributed by atoms with Crippen molar-refractivity contribution in [1.29, 1.82) is 0 Å². The summed E-state index contributed by atoms with van der Waals surface area (Å²) in [5.74, 6) is -0.989. The molecule has 3 amide bonds. The number of piperazine rings is 1. The molecule has 44 heavy (non-hydrogen) atoms. The lowest BCUT2D eigenvalue weighted by Gasteiger charge is -2.39. The number of aryl methyl sites for hydroxylation is 1. The zero-order valence-electron chi connectivity index (χ0n) is 24.8. The van der Waals surface area contributed by atoms with E-state index in [0.717, 1.165) is 6.42 Å². The molecular weight excluding hydrogens is 572 g/mol. The lowest BCUT2D eigenvalue weighted by Crippen LogP contribution is -2.56. The van der Waals surface area contributed by atoms with Gasteiger partial charge in [0.15, 0.2) is 0 Å². The number of rotatable bonds is 11. The summed E-state index contributed by atoms with van der Waals surface area (Å²) in [4.78, 5) is 60.0. The van der Waals surface area contributed by atoms with E-state index in [0.29, 0.717) is 42.6 Å². The lowest BCUT2D eigenvalue weighted by molar-refractivity contribution is -0.169. The third-order valence-electron chi connectivity index (χ3n) is 7.78. The molecule has 234 valence electrons. The van der Waals surface area contributed by atoms with Crippen LogP contribution in [0.4, 0.5) is 4.79 Å². The molecule has 1 N–H and O–H groups in total. The standard InChI is InChI=1S/C29H36N8O7/c1-3-42-27(40)29(11-7-12-29)44-24-18-23(31-21-9-6-5-8-20(21)24)25(38)32-22(10-13-37-19-30-33-34-37)26(39)35-14-16-36(17-15-35)28(41)43-4-2/h5-6,8-9,18-19,22H,3-4,7,10-17H2,1-2H3,(H,32,38). The second-order valence-corrected chi connectivity index (χ2v) is 10.6. The molecule has 3 aromatic rings. The average molecular weight is 609 g/mol. The van der Waals surface area contributed by atoms with Crippen molar-refractivity contribution in [1.82, 2.24) is 40.3 Å². The molecule has 0 spiro atoms. The highest BCUT2D eigenvalue weighted by molar-refractivity contribution is 5.99. The quantitative estimate of drug-likeness (QED) is 0.313. The number of esters is 1. The smallest absolute Gasteiger partial charge is 0.409 e. The van der Waals surface area contributed by atoms with Crippen LogP contribution in [0.5, 0.6) is 5.75 Å². The van der Waals surface area contributed by atoms with Crippen molar-refractivity contribution in [2.45, 2.75) is 57.7 Å². The topological polar surface area (TPSA) is 171 Å². The molecule has 1 atom stereocenters. The Labute approximate surface area is 253 Å². The van der Waals surface area contributed by atoms with Crippen molar-refractivity contribution in [3.63, 3.8) is 0 Å². The minimum Gasteiger partial charge on any atom is -0.475 e. The Morgan fingerprint density at radius 2 is 1.73 bits per heavy atom. The van der Waals surface area contributed by atoms with E-state index in [-0.39, 0.29) is 50.9 Å². The van der Waals surface area contributed by atoms with Crippen LogP contribution in [0.25, 0.3) is 10.9 Å². The normalized spacial score (nSPS) is 16.5. The van der Waals surface area contributed by atoms with E-state index in [1.807, 2.05) is 12.1 Å². The van der Waals surface area contributed by atoms with Crippen LogP contribution in [0.2, 0.25) is 0 Å². The summed E-state index contributed by atoms with van der Waals surface area (Å²) in [6.07, 6.45) is 3.03. The molecule has 15 heteroatoms. The molecule has 15 nitrogen and oxygen atoms in total. The summed E-state index contributed by atoms with van der Waals surface area (Å²) in [6, 6.07) is 7.74. The summed E-state index contributed by atoms with van der Waals surface area (Å²) in [5, 5.41) is 14.6. The Morgan fingerprint density at radius 1 is 1.00 bits per heavy atom. The van der Waals surface area contributed by atoms with Gasteiger partial charge in [0.1, 0.15) is 23.8 Å². The molecule has 1 aliphatic carbocycles. The molecule has 0 radical (unpaired) electrons. The molecule has 5 rings (SSSR count). The van der Waals surface area contributed by atoms with Crippen molar-refractivity contribution in [3.8, 4) is 5.75 Å². The van der Waals surface area contributed by atoms with Crippen LogP contribution >= 0.6 is 0 Å². The Morgan fingerprint density at radius 3 is 2.39 bits per heavy atom. The summed E-state index contributed by atoms with van der Waals surface area (Å²) in [6.45, 7) is 5.45. The number of amides is 3. The van der Waals surface area contributed by atoms with Crippen molar-refractivity contribution in [2.24, 2.45) is 0 Å². The maximum absolute atomic E-state index is 13.7. The summed E-state index contributed by atoms with van der Waals surface area (Å²) in [5.41, 5.74) is -0.589. The van der Waals surface area contributed by atoms with Crippen LogP contribution in [-0.2, 0) is 25.6 Å². The number of hydrogen-bond donors (Lipinski definition) is 1. The van der Waals surface area contributed by atoms with Gasteiger partial charge in [0.25, 0.3) is 5.91 Å². The number of pyridine rings is 1. The number of ether oxygens (including phenoxy) is 3. The number of para-hydroxylation sites is 1. The van der Waals surface area contributed by atoms with E-state index in [2.05, 4.69) is 25.8 Å². The molecule has 3 heterocycles. The van der Waals surface area contributed by atoms with E-state index >= 15 is 0 Å². The number of aromatic nitrogens is 5. The van der Waals surface area contributed by atoms with E-state index in [1.54, 1.807) is 35.8 Å². The van der Waals surface area contributed by atoms with Gasteiger partial charge in [-0.05, 0) is 62.1 Å². The molecule has 1 aromatic carbocycles. The van der Waals surface area contributed by atoms with E-state index in [1.165, 1.54) is 17.1 Å². The number of tetrazole rings is 1. The van der Waals surface area contributed by atoms with Crippen LogP contribution in [0.3, 0.4) is 0 Å². The predicted octanol–water partition coefficient (Wildman–Crippen LogP) is 1.58. The average Bonchev–Trinajstić information content (AvgIpc) is 3.54. The van der Waals surface area contributed by atoms with E-state index < -0.39 is 29.6 Å². The summed E-state index contributed by atoms with van der Waals surface area (Å²) >= 11 is 0. The Balaban J connectivity index is 1.36. The van der Waals surface area contributed by atoms with Crippen molar-refractivity contribution >= 4 is 34.8 Å². The molecule has 2 aromatic heterocycles. The van der Waals surface area contributed by atoms with Gasteiger partial charge in [-0.2, -0.15) is 0 Å². The number of nitrogens with one attached hydrogen (secondary N) is 1. The maximum atomic E-state index is 13.7. The van der Waals surface area contributed by atoms with Crippen molar-refractivity contribution in [3.05, 3.63) is 42.4 Å². The van der Waals surface area contributed by atoms with Crippen LogP contribution in [0.15, 0.2) is 36.7 Å². The number of fused-ring (bicyclic) bond motifs is 1. The molecular formula is C29H36N8O7. The highest BCUT2D eigenvalue weighted by Gasteiger charge is 2.48. The highest BCUT2D eigenvalue weighted by Crippen LogP contribution is 2.40. The van der Waals surface area contributed by atoms with Gasteiger partial charge in [-0.1, -0.05) is 12.1 Å². The zero-order chi connectivity index (χ0) is 31.1. The molecule has 2 fully saturated rings. The van der Waals surface area contributed by atoms with Crippen LogP contribution in [-0.4, -0.2) is 110 Å². The van der Waals surface area contributed by atoms with Crippen molar-refractivity contribution < 1.29 is 33.4 Å². The van der Waals surface area contributed by atoms with Crippen LogP contribution in [0, 0.1) is 0 Å². The first-order chi connectivity index (χ1) is 21.3. The maximum Gasteiger partial charge on any atom is 0.409 e. The van der Waals surface area contributed by atoms with Gasteiger partial charge in [-0.3, -0.25) is 9.59 Å². The first kappa shape index (κ1) is 30.6. The lowest BCUT2D eigenvalue weighted by atomic mass is 9.80. The fraction of sp³-hybridized carbons (Fsp3) is 0.517. The molecule has 2 aliphatic rings. The largest absolute Gasteiger partial charge is 0.475 e. The molecule has 1 unspecified atom stereocenters. The van der Waals surface area contributed by atoms with Crippen LogP contribution < -0.4 is 10.1 Å². The van der Waals surface area contributed by atoms with Gasteiger partial charge in [0.2, 0.25) is 11.5 Å². The zero-order valence-corrected chi connectivity index (χ0v) is 24.8. The Bertz CT molecular complexity index is 1490. The monoisotopic (exact) mass is 608 g/mol. The first-order valence-corrected chi connectivity index (χ1v) is 14.8. The Hall–Kier alpha value is -4.82. The second kappa shape index (κ2) is 13.7. The van der Waals surface area contributed by atoms with Gasteiger partial charge < -0.3 is 29.3 Å². The third-order valence-corrected chi connectivity index (χ3v) is 7.78. The van der Waals surface area contributed by atoms with Gasteiger partial charge >= 0.3 is 12.1 Å². The highest BCUT2D eigenvalue weighted by atomic mass is 16.6. The number of carbonyl (C=O) groups is 4. The molecule has 1 saturated heterocycles. The summed E-state index contributed by atoms with van der Waals surface area (Å²) in [7, 11) is 0. The fourth-order valence-electron chi connectivity index (χ4n) is 5.24. The van der Waals surface area contributed by atoms with Gasteiger partial charge in [0.05, 0.1) is 18.7 Å². The summed E-state index contributed by atoms with van der Waals surface area (Å²) < 4.78 is 18.1. The first-order valence-electron chi connectivity index (χ1n) is 14.8. The number of hydrogen-bond acceptors (Lipinski definition) is 11. The number of carbonyl (C=O) groups excluding carboxylic acids is 4. The van der Waals surface area contributed by atoms with Crippen LogP contribution in [0.1, 0.15) is 50.0 Å². The molecule has 1 aliphatic heterocycles. The number of nitrogens with zero attached hydrogens (tertiary/aromatic N) is 7. The third kappa shape index (κ3) is 6.71. The number of benzene rings is 1. The minimum absolute atomic E-state index is 0.0318. The van der Waals surface area contributed by atoms with Gasteiger partial charge in [0, 0.05) is 44.2 Å². The van der Waals surface area contributed by atoms with Gasteiger partial charge in [-0.25, -0.2) is 19.3 Å². The van der Waals surface area contributed by atoms with E-state index in [4.69, 9.17) is 14.2 Å². The minimum atomic E-state index is -1.12. The predicted molar refractivity (Wildman–Crippen MR) is 154 cm³/mol. The fourth-order valence-corrected chi connectivity index (χ4v) is 5.24.